The molecule has 4 atom stereocenters. The van der Waals surface area contributed by atoms with Crippen LogP contribution in [0.1, 0.15) is 61.1 Å². The zero-order valence-corrected chi connectivity index (χ0v) is 28.3. The molecule has 0 heterocycles. The third-order valence-corrected chi connectivity index (χ3v) is 9.32. The van der Waals surface area contributed by atoms with E-state index < -0.39 is 24.4 Å². The van der Waals surface area contributed by atoms with Crippen LogP contribution in [-0.4, -0.2) is 44.8 Å². The van der Waals surface area contributed by atoms with E-state index >= 15 is 0 Å². The van der Waals surface area contributed by atoms with Crippen LogP contribution in [0.4, 0.5) is 0 Å². The van der Waals surface area contributed by atoms with Crippen LogP contribution >= 0.6 is 0 Å². The van der Waals surface area contributed by atoms with E-state index in [2.05, 4.69) is 62.4 Å². The van der Waals surface area contributed by atoms with Gasteiger partial charge in [-0.3, -0.25) is 0 Å². The Bertz CT molecular complexity index is 1950. The zero-order valence-electron chi connectivity index (χ0n) is 28.3. The summed E-state index contributed by atoms with van der Waals surface area (Å²) in [5, 5.41) is 50.9. The van der Waals surface area contributed by atoms with Crippen molar-refractivity contribution in [3.05, 3.63) is 106 Å². The van der Waals surface area contributed by atoms with Gasteiger partial charge in [0.25, 0.3) is 0 Å². The van der Waals surface area contributed by atoms with Crippen molar-refractivity contribution in [1.82, 2.24) is 0 Å². The number of hydrogen-bond donors (Lipinski definition) is 4. The first-order valence-corrected chi connectivity index (χ1v) is 16.8. The quantitative estimate of drug-likeness (QED) is 0.114. The van der Waals surface area contributed by atoms with Gasteiger partial charge < -0.3 is 25.2 Å². The Morgan fingerprint density at radius 3 is 1.04 bits per heavy atom. The van der Waals surface area contributed by atoms with Crippen molar-refractivity contribution >= 4 is 43.1 Å². The summed E-state index contributed by atoms with van der Waals surface area (Å²) in [6.45, 7) is 11.4. The second-order valence-corrected chi connectivity index (χ2v) is 13.6. The first kappa shape index (κ1) is 32.9. The van der Waals surface area contributed by atoms with Crippen molar-refractivity contribution in [2.75, 3.05) is 0 Å². The maximum absolute atomic E-state index is 10.8. The molecule has 0 amide bonds. The summed E-state index contributed by atoms with van der Waals surface area (Å²) < 4.78 is 7.24. The van der Waals surface area contributed by atoms with Gasteiger partial charge in [-0.1, -0.05) is 72.8 Å². The van der Waals surface area contributed by atoms with E-state index in [4.69, 9.17) is 4.74 Å². The van der Waals surface area contributed by atoms with Gasteiger partial charge in [-0.15, -0.1) is 0 Å². The molecule has 0 spiro atoms. The number of fused-ring (bicyclic) bond motifs is 4. The zero-order chi connectivity index (χ0) is 33.6. The first-order chi connectivity index (χ1) is 22.5. The fourth-order valence-corrected chi connectivity index (χ4v) is 7.46. The van der Waals surface area contributed by atoms with Crippen LogP contribution in [0.25, 0.3) is 43.1 Å². The maximum atomic E-state index is 10.8. The van der Waals surface area contributed by atoms with Crippen molar-refractivity contribution < 1.29 is 25.2 Å². The van der Waals surface area contributed by atoms with E-state index in [1.165, 1.54) is 0 Å². The normalized spacial score (nSPS) is 14.6. The Hall–Kier alpha value is -4.00. The molecule has 0 aliphatic heterocycles. The molecule has 47 heavy (non-hydrogen) atoms. The molecule has 0 saturated carbocycles. The third kappa shape index (κ3) is 6.21. The standard InChI is InChI=1S/C42H46O5/c1-23-15-17-33-35(19-25(3)43)29-11-7-9-13-31(29)37(21-27(5)45)39(33)41(23)47-42-24(2)16-18-34-36(20-26(4)44)30-12-8-10-14-32(30)38(40(34)42)22-28(6)46/h7-18,25-28,43-46H,19-22H2,1-6H3. The molecule has 0 aromatic heterocycles. The van der Waals surface area contributed by atoms with Crippen LogP contribution in [0.5, 0.6) is 11.5 Å². The highest BCUT2D eigenvalue weighted by molar-refractivity contribution is 6.11. The average Bonchev–Trinajstić information content (AvgIpc) is 3.01. The van der Waals surface area contributed by atoms with E-state index in [0.717, 1.165) is 88.0 Å². The number of aliphatic hydroxyl groups is 4. The van der Waals surface area contributed by atoms with Crippen molar-refractivity contribution in [2.24, 2.45) is 0 Å². The van der Waals surface area contributed by atoms with Crippen LogP contribution in [0, 0.1) is 13.8 Å². The summed E-state index contributed by atoms with van der Waals surface area (Å²) in [6, 6.07) is 24.9. The molecule has 6 rings (SSSR count). The van der Waals surface area contributed by atoms with Crippen LogP contribution in [0.2, 0.25) is 0 Å². The summed E-state index contributed by atoms with van der Waals surface area (Å²) in [5.74, 6) is 1.44. The first-order valence-electron chi connectivity index (χ1n) is 16.8. The molecule has 5 nitrogen and oxygen atoms in total. The van der Waals surface area contributed by atoms with E-state index in [-0.39, 0.29) is 0 Å². The molecular formula is C42H46O5. The molecule has 4 unspecified atom stereocenters. The van der Waals surface area contributed by atoms with E-state index in [1.54, 1.807) is 0 Å². The second kappa shape index (κ2) is 13.2. The number of hydrogen-bond acceptors (Lipinski definition) is 5. The Kier molecular flexibility index (Phi) is 9.28. The van der Waals surface area contributed by atoms with Gasteiger partial charge in [-0.2, -0.15) is 0 Å². The summed E-state index contributed by atoms with van der Waals surface area (Å²) in [7, 11) is 0. The van der Waals surface area contributed by atoms with Gasteiger partial charge >= 0.3 is 0 Å². The number of ether oxygens (including phenoxy) is 1. The summed E-state index contributed by atoms with van der Waals surface area (Å²) in [4.78, 5) is 0. The number of rotatable bonds is 10. The minimum Gasteiger partial charge on any atom is -0.455 e. The average molecular weight is 631 g/mol. The molecule has 5 heteroatoms. The van der Waals surface area contributed by atoms with Crippen LogP contribution < -0.4 is 4.74 Å². The van der Waals surface area contributed by atoms with Gasteiger partial charge in [-0.25, -0.2) is 0 Å². The topological polar surface area (TPSA) is 90.2 Å². The lowest BCUT2D eigenvalue weighted by Gasteiger charge is -2.25. The SMILES string of the molecule is Cc1ccc2c(CC(C)O)c3ccccc3c(CC(C)O)c2c1Oc1c(C)ccc2c(CC(C)O)c3ccccc3c(CC(C)O)c12. The molecule has 0 fully saturated rings. The maximum Gasteiger partial charge on any atom is 0.138 e. The summed E-state index contributed by atoms with van der Waals surface area (Å²) in [6.07, 6.45) is -0.400. The van der Waals surface area contributed by atoms with Gasteiger partial charge in [0.05, 0.1) is 24.4 Å². The number of benzene rings is 6. The Labute approximate surface area is 277 Å². The Morgan fingerprint density at radius 1 is 0.426 bits per heavy atom. The Morgan fingerprint density at radius 2 is 0.723 bits per heavy atom. The predicted molar refractivity (Wildman–Crippen MR) is 194 cm³/mol. The van der Waals surface area contributed by atoms with Crippen LogP contribution in [0.15, 0.2) is 72.8 Å². The monoisotopic (exact) mass is 630 g/mol. The van der Waals surface area contributed by atoms with E-state index in [9.17, 15) is 20.4 Å². The van der Waals surface area contributed by atoms with Crippen LogP contribution in [0.3, 0.4) is 0 Å². The summed E-state index contributed by atoms with van der Waals surface area (Å²) >= 11 is 0. The van der Waals surface area contributed by atoms with Gasteiger partial charge in [0.2, 0.25) is 0 Å². The molecule has 244 valence electrons. The van der Waals surface area contributed by atoms with E-state index in [1.807, 2.05) is 52.0 Å². The molecule has 6 aromatic carbocycles. The van der Waals surface area contributed by atoms with Gasteiger partial charge in [0, 0.05) is 10.8 Å². The van der Waals surface area contributed by atoms with E-state index in [0.29, 0.717) is 25.7 Å². The minimum atomic E-state index is -0.580. The third-order valence-electron chi connectivity index (χ3n) is 9.32. The molecule has 6 aromatic rings. The highest BCUT2D eigenvalue weighted by Crippen LogP contribution is 2.47. The van der Waals surface area contributed by atoms with Gasteiger partial charge in [0.15, 0.2) is 0 Å². The van der Waals surface area contributed by atoms with Crippen molar-refractivity contribution in [3.8, 4) is 11.5 Å². The molecule has 0 aliphatic carbocycles. The molecule has 0 radical (unpaired) electrons. The fraction of sp³-hybridized carbons (Fsp3) is 0.333. The lowest BCUT2D eigenvalue weighted by Crippen LogP contribution is -2.11. The largest absolute Gasteiger partial charge is 0.455 e. The molecule has 4 N–H and O–H groups in total. The predicted octanol–water partition coefficient (Wildman–Crippen LogP) is 8.40. The lowest BCUT2D eigenvalue weighted by molar-refractivity contribution is 0.195. The highest BCUT2D eigenvalue weighted by atomic mass is 16.5. The number of aryl methyl sites for hydroxylation is 2. The highest BCUT2D eigenvalue weighted by Gasteiger charge is 2.24. The van der Waals surface area contributed by atoms with Crippen LogP contribution in [-0.2, 0) is 25.7 Å². The smallest absolute Gasteiger partial charge is 0.138 e. The van der Waals surface area contributed by atoms with Crippen molar-refractivity contribution in [3.63, 3.8) is 0 Å². The van der Waals surface area contributed by atoms with Crippen molar-refractivity contribution in [2.45, 2.75) is 91.6 Å². The fourth-order valence-electron chi connectivity index (χ4n) is 7.46. The van der Waals surface area contributed by atoms with Gasteiger partial charge in [0.1, 0.15) is 11.5 Å². The second-order valence-electron chi connectivity index (χ2n) is 13.6. The minimum absolute atomic E-state index is 0.441. The summed E-state index contributed by atoms with van der Waals surface area (Å²) in [5.41, 5.74) is 6.06. The number of aliphatic hydroxyl groups excluding tert-OH is 4. The molecule has 0 saturated heterocycles. The Balaban J connectivity index is 1.75. The van der Waals surface area contributed by atoms with Gasteiger partial charge in [-0.05, 0) is 133 Å². The lowest BCUT2D eigenvalue weighted by atomic mass is 9.85. The molecule has 0 aliphatic rings. The van der Waals surface area contributed by atoms with Crippen molar-refractivity contribution in [1.29, 1.82) is 0 Å². The molecular weight excluding hydrogens is 584 g/mol. The molecule has 0 bridgehead atoms.